The van der Waals surface area contributed by atoms with Gasteiger partial charge in [0.1, 0.15) is 24.4 Å². The molecule has 2 aliphatic rings. The van der Waals surface area contributed by atoms with Gasteiger partial charge in [-0.05, 0) is 76.1 Å². The van der Waals surface area contributed by atoms with E-state index in [2.05, 4.69) is 86.6 Å². The van der Waals surface area contributed by atoms with E-state index >= 15 is 0 Å². The summed E-state index contributed by atoms with van der Waals surface area (Å²) in [5.41, 5.74) is 13.6. The Morgan fingerprint density at radius 2 is 1.56 bits per heavy atom. The molecule has 2 aromatic rings. The van der Waals surface area contributed by atoms with Crippen molar-refractivity contribution in [1.29, 1.82) is 0 Å². The summed E-state index contributed by atoms with van der Waals surface area (Å²) in [6.45, 7) is 14.7. The van der Waals surface area contributed by atoms with Gasteiger partial charge in [-0.2, -0.15) is 0 Å². The molecule has 2 N–H and O–H groups in total. The van der Waals surface area contributed by atoms with Crippen LogP contribution >= 0.6 is 0 Å². The minimum absolute atomic E-state index is 0.785. The highest BCUT2D eigenvalue weighted by atomic mass is 16.3. The van der Waals surface area contributed by atoms with Crippen molar-refractivity contribution < 1.29 is 4.42 Å². The van der Waals surface area contributed by atoms with Crippen molar-refractivity contribution in [3.05, 3.63) is 65.5 Å². The van der Waals surface area contributed by atoms with Crippen LogP contribution in [0, 0.1) is 6.92 Å². The highest BCUT2D eigenvalue weighted by molar-refractivity contribution is 6.03. The maximum absolute atomic E-state index is 6.55. The zero-order valence-electron chi connectivity index (χ0n) is 19.9. The summed E-state index contributed by atoms with van der Waals surface area (Å²) in [6.07, 6.45) is 0. The zero-order valence-corrected chi connectivity index (χ0v) is 19.9. The lowest BCUT2D eigenvalue weighted by Gasteiger charge is -2.22. The highest BCUT2D eigenvalue weighted by Crippen LogP contribution is 2.42. The second kappa shape index (κ2) is 9.07. The molecule has 0 unspecified atom stereocenters. The van der Waals surface area contributed by atoms with Crippen molar-refractivity contribution in [2.75, 3.05) is 36.8 Å². The van der Waals surface area contributed by atoms with Crippen molar-refractivity contribution >= 4 is 22.3 Å². The minimum atomic E-state index is 0.785. The normalized spacial score (nSPS) is 11.3. The van der Waals surface area contributed by atoms with Gasteiger partial charge in [-0.25, -0.2) is 4.58 Å². The van der Waals surface area contributed by atoms with Gasteiger partial charge in [-0.15, -0.1) is 0 Å². The maximum Gasteiger partial charge on any atom is 0.203 e. The molecule has 0 bridgehead atoms. The van der Waals surface area contributed by atoms with Crippen LogP contribution < -0.4 is 20.6 Å². The molecular formula is C28H34N3O+. The Morgan fingerprint density at radius 1 is 0.844 bits per heavy atom. The van der Waals surface area contributed by atoms with Crippen molar-refractivity contribution in [2.24, 2.45) is 0 Å². The topological polar surface area (TPSA) is 45.4 Å². The average molecular weight is 429 g/mol. The number of nitrogens with two attached hydrogens (primary N) is 1. The van der Waals surface area contributed by atoms with E-state index in [4.69, 9.17) is 10.2 Å². The third-order valence-corrected chi connectivity index (χ3v) is 6.47. The van der Waals surface area contributed by atoms with Crippen molar-refractivity contribution in [3.8, 4) is 22.5 Å². The molecule has 0 amide bonds. The third-order valence-electron chi connectivity index (χ3n) is 6.47. The molecule has 1 heterocycles. The summed E-state index contributed by atoms with van der Waals surface area (Å²) in [5, 5.41) is 2.31. The summed E-state index contributed by atoms with van der Waals surface area (Å²) >= 11 is 0. The van der Waals surface area contributed by atoms with E-state index in [9.17, 15) is 0 Å². The van der Waals surface area contributed by atoms with E-state index in [1.807, 2.05) is 12.1 Å². The molecule has 0 fully saturated rings. The Hall–Kier alpha value is -3.27. The second-order valence-electron chi connectivity index (χ2n) is 8.26. The van der Waals surface area contributed by atoms with Gasteiger partial charge in [0.15, 0.2) is 0 Å². The lowest BCUT2D eigenvalue weighted by Crippen LogP contribution is -2.29. The van der Waals surface area contributed by atoms with Crippen molar-refractivity contribution in [1.82, 2.24) is 4.58 Å². The van der Waals surface area contributed by atoms with Crippen LogP contribution in [0.5, 0.6) is 0 Å². The van der Waals surface area contributed by atoms with E-state index in [0.29, 0.717) is 0 Å². The molecule has 0 aromatic heterocycles. The van der Waals surface area contributed by atoms with Gasteiger partial charge in [-0.1, -0.05) is 6.07 Å². The molecule has 2 aromatic carbocycles. The molecule has 32 heavy (non-hydrogen) atoms. The predicted octanol–water partition coefficient (Wildman–Crippen LogP) is 5.75. The smallest absolute Gasteiger partial charge is 0.203 e. The molecule has 1 aliphatic heterocycles. The number of nitrogen functional groups attached to an aromatic ring is 1. The molecule has 4 nitrogen and oxygen atoms in total. The van der Waals surface area contributed by atoms with Crippen LogP contribution in [0.1, 0.15) is 33.3 Å². The Morgan fingerprint density at radius 3 is 2.22 bits per heavy atom. The summed E-state index contributed by atoms with van der Waals surface area (Å²) in [6, 6.07) is 19.3. The number of fused-ring (bicyclic) bond motifs is 2. The lowest BCUT2D eigenvalue weighted by molar-refractivity contribution is 0.604. The van der Waals surface area contributed by atoms with Crippen LogP contribution in [-0.4, -0.2) is 26.2 Å². The Labute approximate surface area is 191 Å². The molecule has 0 spiro atoms. The van der Waals surface area contributed by atoms with Gasteiger partial charge in [-0.3, -0.25) is 0 Å². The minimum Gasteiger partial charge on any atom is -0.456 e. The molecule has 0 saturated heterocycles. The zero-order chi connectivity index (χ0) is 22.8. The number of benzene rings is 3. The van der Waals surface area contributed by atoms with Gasteiger partial charge < -0.3 is 15.1 Å². The van der Waals surface area contributed by atoms with E-state index in [-0.39, 0.29) is 0 Å². The number of aryl methyl sites for hydroxylation is 1. The van der Waals surface area contributed by atoms with E-state index in [1.54, 1.807) is 0 Å². The maximum atomic E-state index is 6.55. The fourth-order valence-corrected chi connectivity index (χ4v) is 4.70. The van der Waals surface area contributed by atoms with E-state index in [0.717, 1.165) is 54.2 Å². The predicted molar refractivity (Wildman–Crippen MR) is 137 cm³/mol. The molecule has 0 radical (unpaired) electrons. The first kappa shape index (κ1) is 21.9. The van der Waals surface area contributed by atoms with Crippen molar-refractivity contribution in [3.63, 3.8) is 0 Å². The van der Waals surface area contributed by atoms with Crippen molar-refractivity contribution in [2.45, 2.75) is 34.6 Å². The van der Waals surface area contributed by atoms with Gasteiger partial charge >= 0.3 is 0 Å². The Balaban J connectivity index is 2.11. The Kier molecular flexibility index (Phi) is 6.22. The second-order valence-corrected chi connectivity index (χ2v) is 8.26. The van der Waals surface area contributed by atoms with Crippen LogP contribution in [0.25, 0.3) is 33.4 Å². The molecule has 4 heteroatoms. The lowest BCUT2D eigenvalue weighted by atomic mass is 9.91. The number of hydrogen-bond acceptors (Lipinski definition) is 3. The van der Waals surface area contributed by atoms with Crippen LogP contribution in [0.3, 0.4) is 0 Å². The summed E-state index contributed by atoms with van der Waals surface area (Å²) < 4.78 is 8.90. The SMILES string of the molecule is CCN(CC)c1ccc2c(-c3ccc(N)cc3C)c3ccc(=[N+](CC)CC)cc-3oc2c1. The number of anilines is 2. The molecule has 1 aliphatic carbocycles. The van der Waals surface area contributed by atoms with Gasteiger partial charge in [0.2, 0.25) is 5.36 Å². The first-order valence-corrected chi connectivity index (χ1v) is 11.7. The first-order valence-electron chi connectivity index (χ1n) is 11.7. The average Bonchev–Trinajstić information content (AvgIpc) is 2.79. The number of nitrogens with zero attached hydrogens (tertiary/aromatic N) is 2. The Bertz CT molecular complexity index is 1290. The summed E-state index contributed by atoms with van der Waals surface area (Å²) in [4.78, 5) is 2.35. The van der Waals surface area contributed by atoms with Gasteiger partial charge in [0.25, 0.3) is 0 Å². The van der Waals surface area contributed by atoms with Crippen LogP contribution in [-0.2, 0) is 0 Å². The number of hydrogen-bond donors (Lipinski definition) is 1. The first-order chi connectivity index (χ1) is 15.5. The van der Waals surface area contributed by atoms with Gasteiger partial charge in [0, 0.05) is 53.1 Å². The fraction of sp³-hybridized carbons (Fsp3) is 0.321. The van der Waals surface area contributed by atoms with Crippen LogP contribution in [0.2, 0.25) is 0 Å². The molecular weight excluding hydrogens is 394 g/mol. The summed E-state index contributed by atoms with van der Waals surface area (Å²) in [5.74, 6) is 0.907. The van der Waals surface area contributed by atoms with Crippen LogP contribution in [0.4, 0.5) is 11.4 Å². The quantitative estimate of drug-likeness (QED) is 0.241. The van der Waals surface area contributed by atoms with Gasteiger partial charge in [0.05, 0.1) is 6.07 Å². The molecule has 0 atom stereocenters. The van der Waals surface area contributed by atoms with E-state index in [1.165, 1.54) is 27.7 Å². The van der Waals surface area contributed by atoms with Crippen LogP contribution in [0.15, 0.2) is 59.0 Å². The fourth-order valence-electron chi connectivity index (χ4n) is 4.70. The standard InChI is InChI=1S/C28H33N3O/c1-6-30(7-2)21-11-14-24-26(17-21)32-27-18-22(31(8-3)9-4)12-15-25(27)28(24)23-13-10-20(29)16-19(23)5/h10-18,29H,6-9H2,1-5H3/p+1. The molecule has 4 rings (SSSR count). The third kappa shape index (κ3) is 3.86. The summed E-state index contributed by atoms with van der Waals surface area (Å²) in [7, 11) is 0. The number of rotatable bonds is 6. The monoisotopic (exact) mass is 428 g/mol. The molecule has 166 valence electrons. The largest absolute Gasteiger partial charge is 0.456 e. The van der Waals surface area contributed by atoms with E-state index < -0.39 is 0 Å². The molecule has 0 saturated carbocycles. The highest BCUT2D eigenvalue weighted by Gasteiger charge is 2.20.